The maximum atomic E-state index is 12.6. The highest BCUT2D eigenvalue weighted by molar-refractivity contribution is 7.81. The summed E-state index contributed by atoms with van der Waals surface area (Å²) in [5.41, 5.74) is 1.85. The van der Waals surface area contributed by atoms with Crippen LogP contribution in [0.2, 0.25) is 0 Å². The maximum absolute atomic E-state index is 12.6. The molecule has 6 N–H and O–H groups in total. The number of anilines is 4. The molecular weight excluding hydrogens is 640 g/mol. The van der Waals surface area contributed by atoms with Crippen molar-refractivity contribution in [3.8, 4) is 0 Å². The molecule has 4 aromatic rings. The van der Waals surface area contributed by atoms with E-state index in [1.165, 1.54) is 33.9 Å². The third kappa shape index (κ3) is 7.07. The molecule has 0 amide bonds. The monoisotopic (exact) mass is 662 g/mol. The summed E-state index contributed by atoms with van der Waals surface area (Å²) >= 11 is 10.4. The van der Waals surface area contributed by atoms with Crippen molar-refractivity contribution in [2.45, 2.75) is 12.4 Å². The van der Waals surface area contributed by atoms with E-state index in [-0.39, 0.29) is 15.7 Å². The first-order valence-corrected chi connectivity index (χ1v) is 13.7. The fraction of sp³-hybridized carbons (Fsp3) is 0.0714. The molecule has 0 atom stereocenters. The van der Waals surface area contributed by atoms with E-state index in [0.29, 0.717) is 33.7 Å². The third-order valence-electron chi connectivity index (χ3n) is 6.83. The average Bonchev–Trinajstić information content (AvgIpc) is 2.97. The van der Waals surface area contributed by atoms with E-state index in [0.717, 1.165) is 24.3 Å². The van der Waals surface area contributed by atoms with Crippen molar-refractivity contribution in [2.75, 3.05) is 20.3 Å². The molecule has 17 heteroatoms. The van der Waals surface area contributed by atoms with Gasteiger partial charge in [-0.3, -0.25) is 0 Å². The highest BCUT2D eigenvalue weighted by atomic mass is 32.1. The summed E-state index contributed by atoms with van der Waals surface area (Å²) in [6.45, 7) is 0. The van der Waals surface area contributed by atoms with Crippen LogP contribution in [0, 0.1) is 0 Å². The molecule has 2 aliphatic heterocycles. The van der Waals surface area contributed by atoms with Gasteiger partial charge in [0, 0.05) is 22.7 Å². The van der Waals surface area contributed by atoms with Gasteiger partial charge in [-0.15, -0.1) is 0 Å². The zero-order chi connectivity index (χ0) is 31.8. The molecule has 0 saturated heterocycles. The lowest BCUT2D eigenvalue weighted by Gasteiger charge is -2.34. The van der Waals surface area contributed by atoms with Gasteiger partial charge in [-0.25, -0.2) is 0 Å². The molecule has 6 rings (SSSR count). The standard InChI is InChI=1S/2C14H10BF3N2OS.H2O/c2*16-14(17,18)9-5-7-10(8-6-9)20-13(22)19-12-4-2-1-3-11(12)15(20)21;/h2*1-8,21H,(H,19,22);1H2. The van der Waals surface area contributed by atoms with Gasteiger partial charge in [-0.05, 0) is 96.0 Å². The van der Waals surface area contributed by atoms with E-state index >= 15 is 0 Å². The second-order valence-corrected chi connectivity index (χ2v) is 10.4. The number of nitrogens with zero attached hydrogens (tertiary/aromatic N) is 2. The van der Waals surface area contributed by atoms with Crippen molar-refractivity contribution >= 4 is 82.4 Å². The lowest BCUT2D eigenvalue weighted by Crippen LogP contribution is -2.58. The normalized spacial score (nSPS) is 14.3. The van der Waals surface area contributed by atoms with Gasteiger partial charge in [0.2, 0.25) is 0 Å². The maximum Gasteiger partial charge on any atom is 0.457 e. The summed E-state index contributed by atoms with van der Waals surface area (Å²) in [7, 11) is -2.11. The van der Waals surface area contributed by atoms with Crippen molar-refractivity contribution in [3.63, 3.8) is 0 Å². The van der Waals surface area contributed by atoms with Crippen molar-refractivity contribution in [1.82, 2.24) is 0 Å². The second kappa shape index (κ2) is 13.1. The first-order chi connectivity index (χ1) is 20.8. The van der Waals surface area contributed by atoms with Gasteiger partial charge in [-0.2, -0.15) is 26.3 Å². The summed E-state index contributed by atoms with van der Waals surface area (Å²) < 4.78 is 75.7. The molecule has 0 unspecified atom stereocenters. The van der Waals surface area contributed by atoms with E-state index in [1.807, 2.05) is 0 Å². The van der Waals surface area contributed by atoms with Crippen LogP contribution in [0.4, 0.5) is 49.1 Å². The minimum Gasteiger partial charge on any atom is -0.428 e. The van der Waals surface area contributed by atoms with Gasteiger partial charge in [0.25, 0.3) is 0 Å². The van der Waals surface area contributed by atoms with E-state index in [9.17, 15) is 36.4 Å². The van der Waals surface area contributed by atoms with Crippen LogP contribution in [0.15, 0.2) is 97.1 Å². The minimum absolute atomic E-state index is 0. The molecule has 0 fully saturated rings. The van der Waals surface area contributed by atoms with Crippen LogP contribution in [-0.4, -0.2) is 39.9 Å². The van der Waals surface area contributed by atoms with Gasteiger partial charge in [0.05, 0.1) is 11.1 Å². The number of alkyl halides is 6. The number of nitrogens with one attached hydrogen (secondary N) is 2. The Balaban J connectivity index is 0.000000200. The van der Waals surface area contributed by atoms with Crippen LogP contribution in [0.3, 0.4) is 0 Å². The lowest BCUT2D eigenvalue weighted by atomic mass is 9.69. The van der Waals surface area contributed by atoms with E-state index in [2.05, 4.69) is 10.6 Å². The molecule has 2 aliphatic rings. The molecule has 232 valence electrons. The Kier molecular flexibility index (Phi) is 9.79. The van der Waals surface area contributed by atoms with Crippen molar-refractivity contribution < 1.29 is 41.9 Å². The Hall–Kier alpha value is -4.15. The molecule has 0 aromatic heterocycles. The number of rotatable bonds is 2. The first-order valence-electron chi connectivity index (χ1n) is 12.8. The van der Waals surface area contributed by atoms with Crippen LogP contribution in [0.25, 0.3) is 0 Å². The molecule has 0 spiro atoms. The van der Waals surface area contributed by atoms with Crippen LogP contribution < -0.4 is 31.2 Å². The summed E-state index contributed by atoms with van der Waals surface area (Å²) in [6, 6.07) is 23.1. The lowest BCUT2D eigenvalue weighted by molar-refractivity contribution is -0.138. The molecular formula is C28H22B2F6N4O3S2. The molecule has 45 heavy (non-hydrogen) atoms. The Morgan fingerprint density at radius 3 is 1.16 bits per heavy atom. The smallest absolute Gasteiger partial charge is 0.428 e. The molecule has 2 heterocycles. The topological polar surface area (TPSA) is 102 Å². The SMILES string of the molecule is O.OB1c2ccccc2NC(=S)N1c1ccc(C(F)(F)F)cc1.OB1c2ccccc2NC(=S)N1c1ccc(C(F)(F)F)cc1. The Morgan fingerprint density at radius 1 is 0.533 bits per heavy atom. The number of halogens is 6. The van der Waals surface area contributed by atoms with Crippen LogP contribution in [0.1, 0.15) is 11.1 Å². The largest absolute Gasteiger partial charge is 0.457 e. The summed E-state index contributed by atoms with van der Waals surface area (Å²) in [5, 5.41) is 27.3. The highest BCUT2D eigenvalue weighted by Gasteiger charge is 2.37. The fourth-order valence-electron chi connectivity index (χ4n) is 4.66. The van der Waals surface area contributed by atoms with Gasteiger partial charge >= 0.3 is 26.5 Å². The number of benzene rings is 4. The molecule has 0 aliphatic carbocycles. The summed E-state index contributed by atoms with van der Waals surface area (Å²) in [4.78, 5) is 2.75. The van der Waals surface area contributed by atoms with Gasteiger partial charge < -0.3 is 35.8 Å². The fourth-order valence-corrected chi connectivity index (χ4v) is 5.29. The zero-order valence-corrected chi connectivity index (χ0v) is 24.4. The minimum atomic E-state index is -4.40. The van der Waals surface area contributed by atoms with Crippen molar-refractivity contribution in [2.24, 2.45) is 0 Å². The first kappa shape index (κ1) is 33.7. The number of para-hydroxylation sites is 2. The van der Waals surface area contributed by atoms with Crippen LogP contribution in [-0.2, 0) is 12.4 Å². The molecule has 4 aromatic carbocycles. The molecule has 0 bridgehead atoms. The highest BCUT2D eigenvalue weighted by Crippen LogP contribution is 2.32. The van der Waals surface area contributed by atoms with Crippen molar-refractivity contribution in [1.29, 1.82) is 0 Å². The quantitative estimate of drug-likeness (QED) is 0.143. The predicted octanol–water partition coefficient (Wildman–Crippen LogP) is 4.40. The Labute approximate surface area is 264 Å². The Bertz CT molecular complexity index is 1570. The van der Waals surface area contributed by atoms with Crippen LogP contribution in [0.5, 0.6) is 0 Å². The third-order valence-corrected chi connectivity index (χ3v) is 7.43. The molecule has 0 saturated carbocycles. The summed E-state index contributed by atoms with van der Waals surface area (Å²) in [5.74, 6) is 0. The number of hydrogen-bond acceptors (Lipinski definition) is 4. The van der Waals surface area contributed by atoms with Gasteiger partial charge in [0.15, 0.2) is 10.2 Å². The Morgan fingerprint density at radius 2 is 0.844 bits per heavy atom. The van der Waals surface area contributed by atoms with Gasteiger partial charge in [-0.1, -0.05) is 36.4 Å². The van der Waals surface area contributed by atoms with Crippen molar-refractivity contribution in [3.05, 3.63) is 108 Å². The van der Waals surface area contributed by atoms with E-state index < -0.39 is 37.6 Å². The molecule has 7 nitrogen and oxygen atoms in total. The molecule has 0 radical (unpaired) electrons. The second-order valence-electron chi connectivity index (χ2n) is 9.61. The van der Waals surface area contributed by atoms with Crippen LogP contribution >= 0.6 is 24.4 Å². The number of thiocarbonyl (C=S) groups is 2. The number of fused-ring (bicyclic) bond motifs is 2. The zero-order valence-electron chi connectivity index (χ0n) is 22.8. The van der Waals surface area contributed by atoms with E-state index in [4.69, 9.17) is 24.4 Å². The number of hydrogen-bond donors (Lipinski definition) is 4. The van der Waals surface area contributed by atoms with Gasteiger partial charge in [0.1, 0.15) is 0 Å². The summed E-state index contributed by atoms with van der Waals surface area (Å²) in [6.07, 6.45) is -8.80. The average molecular weight is 662 g/mol. The predicted molar refractivity (Wildman–Crippen MR) is 172 cm³/mol. The van der Waals surface area contributed by atoms with E-state index in [1.54, 1.807) is 48.5 Å².